The largest absolute Gasteiger partial charge is 0.411 e. The standard InChI is InChI=1S/C18H20N4O2S/c1-13(15(23)20-18(12-19)10-6-3-7-11-18)25-17-22-21-16(24-17)14-8-4-2-5-9-14/h2,4-5,8-9,13H,3,6-7,10-11H2,1H3,(H,20,23)/t13-/m0/s1. The predicted molar refractivity (Wildman–Crippen MR) is 94.6 cm³/mol. The van der Waals surface area contributed by atoms with Gasteiger partial charge in [0.25, 0.3) is 5.22 Å². The van der Waals surface area contributed by atoms with Crippen LogP contribution in [0.4, 0.5) is 0 Å². The van der Waals surface area contributed by atoms with Gasteiger partial charge in [-0.25, -0.2) is 0 Å². The maximum absolute atomic E-state index is 12.5. The monoisotopic (exact) mass is 356 g/mol. The van der Waals surface area contributed by atoms with Crippen molar-refractivity contribution < 1.29 is 9.21 Å². The summed E-state index contributed by atoms with van der Waals surface area (Å²) in [7, 11) is 0. The van der Waals surface area contributed by atoms with Crippen LogP contribution in [0.15, 0.2) is 40.0 Å². The van der Waals surface area contributed by atoms with E-state index >= 15 is 0 Å². The molecule has 0 radical (unpaired) electrons. The van der Waals surface area contributed by atoms with E-state index in [-0.39, 0.29) is 5.91 Å². The zero-order valence-electron chi connectivity index (χ0n) is 14.1. The summed E-state index contributed by atoms with van der Waals surface area (Å²) in [4.78, 5) is 12.5. The van der Waals surface area contributed by atoms with Crippen LogP contribution in [0.3, 0.4) is 0 Å². The van der Waals surface area contributed by atoms with Gasteiger partial charge in [-0.1, -0.05) is 49.2 Å². The van der Waals surface area contributed by atoms with E-state index in [0.717, 1.165) is 24.8 Å². The average molecular weight is 356 g/mol. The Bertz CT molecular complexity index is 763. The summed E-state index contributed by atoms with van der Waals surface area (Å²) in [5.41, 5.74) is 0.110. The molecule has 1 amide bonds. The molecule has 2 aromatic rings. The Morgan fingerprint density at radius 2 is 2.00 bits per heavy atom. The molecule has 25 heavy (non-hydrogen) atoms. The number of benzene rings is 1. The molecule has 1 heterocycles. The molecule has 1 aromatic carbocycles. The first-order valence-electron chi connectivity index (χ1n) is 8.41. The third-order valence-corrected chi connectivity index (χ3v) is 5.29. The quantitative estimate of drug-likeness (QED) is 0.824. The van der Waals surface area contributed by atoms with Gasteiger partial charge in [0.15, 0.2) is 0 Å². The van der Waals surface area contributed by atoms with Crippen LogP contribution in [0, 0.1) is 11.3 Å². The number of amides is 1. The second-order valence-corrected chi connectivity index (χ2v) is 7.54. The van der Waals surface area contributed by atoms with E-state index in [1.807, 2.05) is 30.3 Å². The summed E-state index contributed by atoms with van der Waals surface area (Å²) in [6.07, 6.45) is 4.49. The normalized spacial score (nSPS) is 17.4. The van der Waals surface area contributed by atoms with Crippen LogP contribution in [0.25, 0.3) is 11.5 Å². The van der Waals surface area contributed by atoms with Crippen LogP contribution in [-0.4, -0.2) is 26.9 Å². The Balaban J connectivity index is 1.62. The fourth-order valence-corrected chi connectivity index (χ4v) is 3.60. The topological polar surface area (TPSA) is 91.8 Å². The van der Waals surface area contributed by atoms with E-state index in [2.05, 4.69) is 21.6 Å². The van der Waals surface area contributed by atoms with Crippen molar-refractivity contribution in [2.75, 3.05) is 0 Å². The van der Waals surface area contributed by atoms with Gasteiger partial charge in [-0.05, 0) is 31.9 Å². The van der Waals surface area contributed by atoms with Crippen LogP contribution < -0.4 is 5.32 Å². The molecular weight excluding hydrogens is 336 g/mol. The molecule has 6 nitrogen and oxygen atoms in total. The molecule has 1 atom stereocenters. The number of nitrogens with zero attached hydrogens (tertiary/aromatic N) is 3. The lowest BCUT2D eigenvalue weighted by Crippen LogP contribution is -2.50. The van der Waals surface area contributed by atoms with E-state index < -0.39 is 10.8 Å². The minimum Gasteiger partial charge on any atom is -0.411 e. The first-order chi connectivity index (χ1) is 12.1. The van der Waals surface area contributed by atoms with Gasteiger partial charge in [0.05, 0.1) is 11.3 Å². The summed E-state index contributed by atoms with van der Waals surface area (Å²) in [6, 6.07) is 11.8. The highest BCUT2D eigenvalue weighted by Gasteiger charge is 2.35. The number of hydrogen-bond donors (Lipinski definition) is 1. The van der Waals surface area contributed by atoms with E-state index in [1.165, 1.54) is 11.8 Å². The molecule has 0 bridgehead atoms. The van der Waals surface area contributed by atoms with Gasteiger partial charge in [-0.2, -0.15) is 5.26 Å². The maximum Gasteiger partial charge on any atom is 0.277 e. The van der Waals surface area contributed by atoms with Crippen molar-refractivity contribution in [2.24, 2.45) is 0 Å². The second-order valence-electron chi connectivity index (χ2n) is 6.24. The summed E-state index contributed by atoms with van der Waals surface area (Å²) in [5, 5.41) is 20.4. The molecule has 1 aliphatic carbocycles. The molecule has 130 valence electrons. The Morgan fingerprint density at radius 1 is 1.28 bits per heavy atom. The number of nitrogens with one attached hydrogen (secondary N) is 1. The van der Waals surface area contributed by atoms with E-state index in [1.54, 1.807) is 6.92 Å². The molecule has 3 rings (SSSR count). The molecular formula is C18H20N4O2S. The summed E-state index contributed by atoms with van der Waals surface area (Å²) in [5.74, 6) is 0.254. The SMILES string of the molecule is C[C@H](Sc1nnc(-c2ccccc2)o1)C(=O)NC1(C#N)CCCCC1. The molecule has 1 N–H and O–H groups in total. The number of nitriles is 1. The molecule has 0 spiro atoms. The Morgan fingerprint density at radius 3 is 2.68 bits per heavy atom. The molecule has 0 unspecified atom stereocenters. The molecule has 1 aromatic heterocycles. The van der Waals surface area contributed by atoms with Crippen molar-refractivity contribution in [3.8, 4) is 17.5 Å². The number of aromatic nitrogens is 2. The van der Waals surface area contributed by atoms with Crippen LogP contribution in [0.5, 0.6) is 0 Å². The van der Waals surface area contributed by atoms with Gasteiger partial charge < -0.3 is 9.73 Å². The fraction of sp³-hybridized carbons (Fsp3) is 0.444. The zero-order chi connectivity index (χ0) is 17.7. The van der Waals surface area contributed by atoms with Crippen LogP contribution >= 0.6 is 11.8 Å². The van der Waals surface area contributed by atoms with Gasteiger partial charge in [0.2, 0.25) is 11.8 Å². The van der Waals surface area contributed by atoms with Gasteiger partial charge in [-0.15, -0.1) is 10.2 Å². The van der Waals surface area contributed by atoms with Crippen LogP contribution in [0.1, 0.15) is 39.0 Å². The van der Waals surface area contributed by atoms with Crippen molar-refractivity contribution in [3.05, 3.63) is 30.3 Å². The summed E-state index contributed by atoms with van der Waals surface area (Å²) in [6.45, 7) is 1.78. The third-order valence-electron chi connectivity index (χ3n) is 4.36. The number of carbonyl (C=O) groups excluding carboxylic acids is 1. The lowest BCUT2D eigenvalue weighted by atomic mass is 9.83. The summed E-state index contributed by atoms with van der Waals surface area (Å²) < 4.78 is 5.63. The highest BCUT2D eigenvalue weighted by Crippen LogP contribution is 2.30. The first-order valence-corrected chi connectivity index (χ1v) is 9.29. The van der Waals surface area contributed by atoms with Gasteiger partial charge in [0, 0.05) is 5.56 Å². The maximum atomic E-state index is 12.5. The minimum atomic E-state index is -0.728. The number of hydrogen-bond acceptors (Lipinski definition) is 6. The van der Waals surface area contributed by atoms with E-state index in [0.29, 0.717) is 24.0 Å². The molecule has 1 aliphatic rings. The Hall–Kier alpha value is -2.33. The first kappa shape index (κ1) is 17.5. The van der Waals surface area contributed by atoms with Crippen molar-refractivity contribution >= 4 is 17.7 Å². The number of rotatable bonds is 5. The number of carbonyl (C=O) groups is 1. The zero-order valence-corrected chi connectivity index (χ0v) is 14.9. The van der Waals surface area contributed by atoms with Crippen molar-refractivity contribution in [2.45, 2.75) is 55.0 Å². The van der Waals surface area contributed by atoms with E-state index in [9.17, 15) is 10.1 Å². The fourth-order valence-electron chi connectivity index (χ4n) is 2.92. The van der Waals surface area contributed by atoms with Crippen molar-refractivity contribution in [1.29, 1.82) is 5.26 Å². The van der Waals surface area contributed by atoms with Crippen molar-refractivity contribution in [3.63, 3.8) is 0 Å². The minimum absolute atomic E-state index is 0.173. The lowest BCUT2D eigenvalue weighted by Gasteiger charge is -2.32. The van der Waals surface area contributed by atoms with Crippen molar-refractivity contribution in [1.82, 2.24) is 15.5 Å². The lowest BCUT2D eigenvalue weighted by molar-refractivity contribution is -0.122. The van der Waals surface area contributed by atoms with E-state index in [4.69, 9.17) is 4.42 Å². The highest BCUT2D eigenvalue weighted by molar-refractivity contribution is 8.00. The number of thioether (sulfide) groups is 1. The third kappa shape index (κ3) is 4.20. The predicted octanol–water partition coefficient (Wildman–Crippen LogP) is 3.56. The average Bonchev–Trinajstić information content (AvgIpc) is 3.11. The molecule has 1 fully saturated rings. The second kappa shape index (κ2) is 7.70. The molecule has 1 saturated carbocycles. The van der Waals surface area contributed by atoms with Gasteiger partial charge >= 0.3 is 0 Å². The highest BCUT2D eigenvalue weighted by atomic mass is 32.2. The van der Waals surface area contributed by atoms with Crippen LogP contribution in [-0.2, 0) is 4.79 Å². The van der Waals surface area contributed by atoms with Crippen LogP contribution in [0.2, 0.25) is 0 Å². The molecule has 7 heteroatoms. The Labute approximate surface area is 151 Å². The molecule has 0 aliphatic heterocycles. The Kier molecular flexibility index (Phi) is 5.39. The van der Waals surface area contributed by atoms with Gasteiger partial charge in [-0.3, -0.25) is 4.79 Å². The smallest absolute Gasteiger partial charge is 0.277 e. The van der Waals surface area contributed by atoms with Gasteiger partial charge in [0.1, 0.15) is 5.54 Å². The summed E-state index contributed by atoms with van der Waals surface area (Å²) >= 11 is 1.20. The molecule has 0 saturated heterocycles.